The van der Waals surface area contributed by atoms with Gasteiger partial charge in [0, 0.05) is 0 Å². The number of H-pyrrole nitrogens is 1. The fourth-order valence-corrected chi connectivity index (χ4v) is 1.76. The first kappa shape index (κ1) is 10.8. The van der Waals surface area contributed by atoms with E-state index in [9.17, 15) is 0 Å². The van der Waals surface area contributed by atoms with Crippen molar-refractivity contribution in [1.29, 1.82) is 0 Å². The molecule has 16 heavy (non-hydrogen) atoms. The predicted molar refractivity (Wildman–Crippen MR) is 62.9 cm³/mol. The van der Waals surface area contributed by atoms with Gasteiger partial charge in [-0.1, -0.05) is 30.3 Å². The Morgan fingerprint density at radius 2 is 2.12 bits per heavy atom. The Balaban J connectivity index is 1.94. The molecule has 1 aromatic carbocycles. The van der Waals surface area contributed by atoms with Gasteiger partial charge in [-0.3, -0.25) is 5.10 Å². The fraction of sp³-hybridized carbons (Fsp3) is 0.333. The van der Waals surface area contributed by atoms with E-state index < -0.39 is 0 Å². The Morgan fingerprint density at radius 1 is 1.31 bits per heavy atom. The highest BCUT2D eigenvalue weighted by Crippen LogP contribution is 2.14. The largest absolute Gasteiger partial charge is 0.310 e. The molecular formula is C12H16N4. The molecule has 4 nitrogen and oxygen atoms in total. The summed E-state index contributed by atoms with van der Waals surface area (Å²) < 4.78 is 0. The Bertz CT molecular complexity index is 396. The van der Waals surface area contributed by atoms with Gasteiger partial charge < -0.3 is 5.32 Å². The lowest BCUT2D eigenvalue weighted by Gasteiger charge is -2.12. The van der Waals surface area contributed by atoms with Crippen LogP contribution in [0.4, 0.5) is 0 Å². The number of rotatable bonds is 5. The second kappa shape index (κ2) is 5.42. The minimum absolute atomic E-state index is 0.239. The lowest BCUT2D eigenvalue weighted by molar-refractivity contribution is 0.522. The molecule has 0 bridgehead atoms. The van der Waals surface area contributed by atoms with Crippen LogP contribution in [0.25, 0.3) is 0 Å². The molecule has 2 N–H and O–H groups in total. The highest BCUT2D eigenvalue weighted by Gasteiger charge is 2.11. The maximum Gasteiger partial charge on any atom is 0.141 e. The lowest BCUT2D eigenvalue weighted by atomic mass is 10.1. The zero-order chi connectivity index (χ0) is 11.2. The molecule has 0 aliphatic rings. The van der Waals surface area contributed by atoms with Gasteiger partial charge in [-0.25, -0.2) is 4.98 Å². The van der Waals surface area contributed by atoms with Gasteiger partial charge in [-0.05, 0) is 25.5 Å². The number of hydrogen-bond donors (Lipinski definition) is 2. The predicted octanol–water partition coefficient (Wildman–Crippen LogP) is 1.70. The Morgan fingerprint density at radius 3 is 2.75 bits per heavy atom. The average molecular weight is 216 g/mol. The molecule has 0 amide bonds. The van der Waals surface area contributed by atoms with Crippen LogP contribution in [0.15, 0.2) is 36.7 Å². The molecule has 0 aliphatic heterocycles. The van der Waals surface area contributed by atoms with Gasteiger partial charge in [0.2, 0.25) is 0 Å². The summed E-state index contributed by atoms with van der Waals surface area (Å²) in [6.45, 7) is 0. The maximum atomic E-state index is 4.17. The van der Waals surface area contributed by atoms with E-state index >= 15 is 0 Å². The summed E-state index contributed by atoms with van der Waals surface area (Å²) in [5.74, 6) is 0.901. The van der Waals surface area contributed by atoms with Gasteiger partial charge in [-0.15, -0.1) is 0 Å². The zero-order valence-corrected chi connectivity index (χ0v) is 9.35. The number of nitrogens with one attached hydrogen (secondary N) is 2. The molecule has 2 rings (SSSR count). The van der Waals surface area contributed by atoms with Gasteiger partial charge in [0.15, 0.2) is 0 Å². The second-order valence-corrected chi connectivity index (χ2v) is 3.74. The van der Waals surface area contributed by atoms with Crippen molar-refractivity contribution in [3.63, 3.8) is 0 Å². The van der Waals surface area contributed by atoms with Crippen LogP contribution in [0.2, 0.25) is 0 Å². The van der Waals surface area contributed by atoms with E-state index in [-0.39, 0.29) is 6.04 Å². The van der Waals surface area contributed by atoms with Crippen molar-refractivity contribution in [2.75, 3.05) is 7.05 Å². The van der Waals surface area contributed by atoms with Crippen LogP contribution < -0.4 is 5.32 Å². The van der Waals surface area contributed by atoms with E-state index in [1.54, 1.807) is 6.33 Å². The first-order valence-corrected chi connectivity index (χ1v) is 5.46. The van der Waals surface area contributed by atoms with Crippen LogP contribution >= 0.6 is 0 Å². The summed E-state index contributed by atoms with van der Waals surface area (Å²) in [6.07, 6.45) is 3.59. The molecule has 0 radical (unpaired) electrons. The van der Waals surface area contributed by atoms with Crippen molar-refractivity contribution < 1.29 is 0 Å². The molecule has 1 unspecified atom stereocenters. The molecule has 1 heterocycles. The van der Waals surface area contributed by atoms with Crippen molar-refractivity contribution in [3.05, 3.63) is 48.0 Å². The highest BCUT2D eigenvalue weighted by atomic mass is 15.2. The Labute approximate surface area is 95.1 Å². The molecule has 1 atom stereocenters. The van der Waals surface area contributed by atoms with Gasteiger partial charge in [0.25, 0.3) is 0 Å². The monoisotopic (exact) mass is 216 g/mol. The molecule has 0 saturated heterocycles. The average Bonchev–Trinajstić information content (AvgIpc) is 2.85. The summed E-state index contributed by atoms with van der Waals surface area (Å²) in [6, 6.07) is 10.7. The third-order valence-electron chi connectivity index (χ3n) is 2.68. The minimum atomic E-state index is 0.239. The first-order valence-electron chi connectivity index (χ1n) is 5.46. The van der Waals surface area contributed by atoms with Crippen molar-refractivity contribution in [1.82, 2.24) is 20.5 Å². The molecular weight excluding hydrogens is 200 g/mol. The summed E-state index contributed by atoms with van der Waals surface area (Å²) in [4.78, 5) is 4.17. The molecule has 0 spiro atoms. The first-order chi connectivity index (χ1) is 7.90. The zero-order valence-electron chi connectivity index (χ0n) is 9.35. The van der Waals surface area contributed by atoms with Crippen LogP contribution in [0, 0.1) is 0 Å². The smallest absolute Gasteiger partial charge is 0.141 e. The maximum absolute atomic E-state index is 4.17. The van der Waals surface area contributed by atoms with Crippen molar-refractivity contribution in [2.45, 2.75) is 18.9 Å². The number of nitrogens with zero attached hydrogens (tertiary/aromatic N) is 2. The third-order valence-corrected chi connectivity index (χ3v) is 2.68. The molecule has 84 valence electrons. The Kier molecular flexibility index (Phi) is 3.66. The quantitative estimate of drug-likeness (QED) is 0.799. The van der Waals surface area contributed by atoms with E-state index in [2.05, 4.69) is 44.8 Å². The highest BCUT2D eigenvalue weighted by molar-refractivity contribution is 5.15. The molecule has 2 aromatic rings. The van der Waals surface area contributed by atoms with Crippen LogP contribution in [-0.4, -0.2) is 22.2 Å². The van der Waals surface area contributed by atoms with Crippen molar-refractivity contribution >= 4 is 0 Å². The molecule has 0 aliphatic carbocycles. The Hall–Kier alpha value is -1.68. The van der Waals surface area contributed by atoms with Gasteiger partial charge in [0.05, 0.1) is 6.04 Å². The standard InChI is InChI=1S/C12H16N4/c1-13-11(12-14-9-15-16-12)8-7-10-5-3-2-4-6-10/h2-6,9,11,13H,7-8H2,1H3,(H,14,15,16). The number of aromatic nitrogens is 3. The topological polar surface area (TPSA) is 53.6 Å². The molecule has 4 heteroatoms. The van der Waals surface area contributed by atoms with E-state index in [4.69, 9.17) is 0 Å². The van der Waals surface area contributed by atoms with Crippen LogP contribution in [-0.2, 0) is 6.42 Å². The number of aryl methyl sites for hydroxylation is 1. The van der Waals surface area contributed by atoms with Gasteiger partial charge >= 0.3 is 0 Å². The summed E-state index contributed by atoms with van der Waals surface area (Å²) in [7, 11) is 1.94. The van der Waals surface area contributed by atoms with Crippen LogP contribution in [0.1, 0.15) is 23.9 Å². The van der Waals surface area contributed by atoms with E-state index in [0.29, 0.717) is 0 Å². The summed E-state index contributed by atoms with van der Waals surface area (Å²) in [5.41, 5.74) is 1.35. The SMILES string of the molecule is CNC(CCc1ccccc1)c1ncn[nH]1. The van der Waals surface area contributed by atoms with E-state index in [0.717, 1.165) is 18.7 Å². The van der Waals surface area contributed by atoms with E-state index in [1.807, 2.05) is 13.1 Å². The molecule has 0 fully saturated rings. The molecule has 0 saturated carbocycles. The normalized spacial score (nSPS) is 12.6. The second-order valence-electron chi connectivity index (χ2n) is 3.74. The fourth-order valence-electron chi connectivity index (χ4n) is 1.76. The van der Waals surface area contributed by atoms with Crippen LogP contribution in [0.3, 0.4) is 0 Å². The minimum Gasteiger partial charge on any atom is -0.310 e. The van der Waals surface area contributed by atoms with E-state index in [1.165, 1.54) is 5.56 Å². The third kappa shape index (κ3) is 2.67. The van der Waals surface area contributed by atoms with Gasteiger partial charge in [0.1, 0.15) is 12.2 Å². The van der Waals surface area contributed by atoms with Crippen molar-refractivity contribution in [2.24, 2.45) is 0 Å². The van der Waals surface area contributed by atoms with Crippen molar-refractivity contribution in [3.8, 4) is 0 Å². The number of aromatic amines is 1. The summed E-state index contributed by atoms with van der Waals surface area (Å²) in [5, 5.41) is 10.0. The number of benzene rings is 1. The summed E-state index contributed by atoms with van der Waals surface area (Å²) >= 11 is 0. The van der Waals surface area contributed by atoms with Crippen LogP contribution in [0.5, 0.6) is 0 Å². The number of hydrogen-bond acceptors (Lipinski definition) is 3. The lowest BCUT2D eigenvalue weighted by Crippen LogP contribution is -2.18. The van der Waals surface area contributed by atoms with Gasteiger partial charge in [-0.2, -0.15) is 5.10 Å². The molecule has 1 aromatic heterocycles.